The van der Waals surface area contributed by atoms with Crippen LogP contribution in [0.1, 0.15) is 29.8 Å². The lowest BCUT2D eigenvalue weighted by Gasteiger charge is -2.13. The molecule has 2 aromatic rings. The molecular weight excluding hydrogens is 308 g/mol. The molecule has 2 rings (SSSR count). The predicted octanol–water partition coefficient (Wildman–Crippen LogP) is 2.95. The molecule has 2 N–H and O–H groups in total. The van der Waals surface area contributed by atoms with Crippen molar-refractivity contribution >= 4 is 12.1 Å². The number of phenolic OH excluding ortho intramolecular Hbond substituents is 1. The Hall–Kier alpha value is -3.02. The highest BCUT2D eigenvalue weighted by molar-refractivity contribution is 5.95. The minimum atomic E-state index is -0.363. The summed E-state index contributed by atoms with van der Waals surface area (Å²) in [5.41, 5.74) is 3.60. The Morgan fingerprint density at radius 3 is 2.50 bits per heavy atom. The molecule has 0 aliphatic rings. The Kier molecular flexibility index (Phi) is 5.78. The van der Waals surface area contributed by atoms with E-state index in [9.17, 15) is 9.90 Å². The second-order valence-corrected chi connectivity index (χ2v) is 5.32. The molecule has 0 unspecified atom stereocenters. The van der Waals surface area contributed by atoms with Crippen molar-refractivity contribution in [3.8, 4) is 17.2 Å². The molecule has 0 radical (unpaired) electrons. The maximum atomic E-state index is 11.9. The van der Waals surface area contributed by atoms with Gasteiger partial charge in [0.1, 0.15) is 5.75 Å². The van der Waals surface area contributed by atoms with Gasteiger partial charge >= 0.3 is 0 Å². The Morgan fingerprint density at radius 2 is 1.88 bits per heavy atom. The summed E-state index contributed by atoms with van der Waals surface area (Å²) in [6.07, 6.45) is 1.53. The maximum Gasteiger partial charge on any atom is 0.271 e. The van der Waals surface area contributed by atoms with Gasteiger partial charge in [-0.2, -0.15) is 5.10 Å². The number of aromatic hydroxyl groups is 1. The van der Waals surface area contributed by atoms with Gasteiger partial charge in [0.15, 0.2) is 11.5 Å². The fraction of sp³-hybridized carbons (Fsp3) is 0.222. The van der Waals surface area contributed by atoms with E-state index < -0.39 is 0 Å². The second kappa shape index (κ2) is 8.01. The van der Waals surface area contributed by atoms with E-state index in [1.165, 1.54) is 30.5 Å². The average molecular weight is 328 g/mol. The van der Waals surface area contributed by atoms with Crippen LogP contribution in [-0.2, 0) is 0 Å². The van der Waals surface area contributed by atoms with E-state index in [2.05, 4.69) is 10.5 Å². The van der Waals surface area contributed by atoms with Crippen molar-refractivity contribution in [2.24, 2.45) is 5.10 Å². The second-order valence-electron chi connectivity index (χ2n) is 5.32. The number of hydrazone groups is 1. The Bertz CT molecular complexity index is 724. The molecule has 0 aromatic heterocycles. The zero-order valence-corrected chi connectivity index (χ0v) is 13.8. The summed E-state index contributed by atoms with van der Waals surface area (Å²) in [5.74, 6) is 0.986. The monoisotopic (exact) mass is 328 g/mol. The van der Waals surface area contributed by atoms with Gasteiger partial charge in [-0.3, -0.25) is 4.79 Å². The third kappa shape index (κ3) is 4.74. The first-order valence-corrected chi connectivity index (χ1v) is 7.46. The summed E-state index contributed by atoms with van der Waals surface area (Å²) in [5, 5.41) is 13.1. The number of nitrogens with zero attached hydrogens (tertiary/aromatic N) is 1. The lowest BCUT2D eigenvalue weighted by molar-refractivity contribution is 0.0955. The predicted molar refractivity (Wildman–Crippen MR) is 91.9 cm³/mol. The Balaban J connectivity index is 2.05. The molecule has 1 amide bonds. The largest absolute Gasteiger partial charge is 0.508 e. The molecule has 0 fully saturated rings. The van der Waals surface area contributed by atoms with Crippen molar-refractivity contribution in [2.45, 2.75) is 20.0 Å². The van der Waals surface area contributed by atoms with E-state index in [1.807, 2.05) is 19.9 Å². The van der Waals surface area contributed by atoms with Crippen LogP contribution < -0.4 is 14.9 Å². The van der Waals surface area contributed by atoms with Crippen LogP contribution in [0.5, 0.6) is 17.2 Å². The van der Waals surface area contributed by atoms with Crippen molar-refractivity contribution in [1.82, 2.24) is 5.43 Å². The number of methoxy groups -OCH3 is 1. The van der Waals surface area contributed by atoms with Crippen molar-refractivity contribution in [1.29, 1.82) is 0 Å². The summed E-state index contributed by atoms with van der Waals surface area (Å²) in [6.45, 7) is 3.86. The third-order valence-corrected chi connectivity index (χ3v) is 3.06. The molecular formula is C18H20N2O4. The van der Waals surface area contributed by atoms with Crippen LogP contribution in [0.25, 0.3) is 0 Å². The van der Waals surface area contributed by atoms with E-state index in [0.29, 0.717) is 17.1 Å². The highest BCUT2D eigenvalue weighted by Gasteiger charge is 2.07. The molecule has 0 saturated carbocycles. The van der Waals surface area contributed by atoms with Gasteiger partial charge in [0, 0.05) is 5.56 Å². The van der Waals surface area contributed by atoms with Crippen LogP contribution in [0.4, 0.5) is 0 Å². The van der Waals surface area contributed by atoms with Gasteiger partial charge in [0.2, 0.25) is 0 Å². The number of nitrogens with one attached hydrogen (secondary N) is 1. The first-order valence-electron chi connectivity index (χ1n) is 7.46. The quantitative estimate of drug-likeness (QED) is 0.631. The molecule has 2 aromatic carbocycles. The van der Waals surface area contributed by atoms with Crippen LogP contribution >= 0.6 is 0 Å². The van der Waals surface area contributed by atoms with Gasteiger partial charge in [-0.15, -0.1) is 0 Å². The van der Waals surface area contributed by atoms with Gasteiger partial charge in [-0.25, -0.2) is 5.43 Å². The lowest BCUT2D eigenvalue weighted by Crippen LogP contribution is -2.17. The van der Waals surface area contributed by atoms with Gasteiger partial charge in [0.05, 0.1) is 19.4 Å². The van der Waals surface area contributed by atoms with Crippen molar-refractivity contribution in [3.63, 3.8) is 0 Å². The molecule has 24 heavy (non-hydrogen) atoms. The summed E-state index contributed by atoms with van der Waals surface area (Å²) in [6, 6.07) is 11.3. The number of benzene rings is 2. The molecule has 0 aliphatic heterocycles. The standard InChI is InChI=1S/C18H20N2O4/c1-12(2)24-17-10-13(4-9-16(17)23-3)11-19-20-18(22)14-5-7-15(21)8-6-14/h4-12,21H,1-3H3,(H,20,22)/b19-11-. The van der Waals surface area contributed by atoms with Crippen molar-refractivity contribution < 1.29 is 19.4 Å². The third-order valence-electron chi connectivity index (χ3n) is 3.06. The van der Waals surface area contributed by atoms with Gasteiger partial charge in [0.25, 0.3) is 5.91 Å². The van der Waals surface area contributed by atoms with Gasteiger partial charge in [-0.05, 0) is 61.9 Å². The smallest absolute Gasteiger partial charge is 0.271 e. The maximum absolute atomic E-state index is 11.9. The van der Waals surface area contributed by atoms with Gasteiger partial charge in [-0.1, -0.05) is 0 Å². The number of hydrogen-bond donors (Lipinski definition) is 2. The SMILES string of the molecule is COc1ccc(/C=N\NC(=O)c2ccc(O)cc2)cc1OC(C)C. The Labute approximate surface area is 140 Å². The molecule has 0 saturated heterocycles. The zero-order chi connectivity index (χ0) is 17.5. The van der Waals surface area contributed by atoms with E-state index in [4.69, 9.17) is 9.47 Å². The molecule has 0 heterocycles. The molecule has 6 nitrogen and oxygen atoms in total. The molecule has 0 spiro atoms. The lowest BCUT2D eigenvalue weighted by atomic mass is 10.2. The highest BCUT2D eigenvalue weighted by Crippen LogP contribution is 2.28. The van der Waals surface area contributed by atoms with E-state index >= 15 is 0 Å². The van der Waals surface area contributed by atoms with Crippen LogP contribution in [0.15, 0.2) is 47.6 Å². The van der Waals surface area contributed by atoms with Crippen molar-refractivity contribution in [3.05, 3.63) is 53.6 Å². The Morgan fingerprint density at radius 1 is 1.17 bits per heavy atom. The van der Waals surface area contributed by atoms with E-state index in [0.717, 1.165) is 5.56 Å². The van der Waals surface area contributed by atoms with Crippen molar-refractivity contribution in [2.75, 3.05) is 7.11 Å². The molecule has 0 aliphatic carbocycles. The summed E-state index contributed by atoms with van der Waals surface area (Å²) < 4.78 is 10.9. The first-order chi connectivity index (χ1) is 11.5. The van der Waals surface area contributed by atoms with E-state index in [-0.39, 0.29) is 17.8 Å². The number of carbonyl (C=O) groups is 1. The van der Waals surface area contributed by atoms with E-state index in [1.54, 1.807) is 19.2 Å². The fourth-order valence-corrected chi connectivity index (χ4v) is 1.96. The number of amides is 1. The highest BCUT2D eigenvalue weighted by atomic mass is 16.5. The minimum absolute atomic E-state index is 0.0142. The van der Waals surface area contributed by atoms with Crippen LogP contribution in [-0.4, -0.2) is 30.4 Å². The van der Waals surface area contributed by atoms with Crippen LogP contribution in [0.2, 0.25) is 0 Å². The number of rotatable bonds is 6. The zero-order valence-electron chi connectivity index (χ0n) is 13.8. The topological polar surface area (TPSA) is 80.2 Å². The number of hydrogen-bond acceptors (Lipinski definition) is 5. The fourth-order valence-electron chi connectivity index (χ4n) is 1.96. The first kappa shape index (κ1) is 17.3. The average Bonchev–Trinajstić information content (AvgIpc) is 2.55. The summed E-state index contributed by atoms with van der Waals surface area (Å²) in [4.78, 5) is 11.9. The molecule has 126 valence electrons. The molecule has 0 bridgehead atoms. The van der Waals surface area contributed by atoms with Gasteiger partial charge < -0.3 is 14.6 Å². The van der Waals surface area contributed by atoms with Crippen LogP contribution in [0.3, 0.4) is 0 Å². The van der Waals surface area contributed by atoms with Crippen LogP contribution in [0, 0.1) is 0 Å². The number of phenols is 1. The normalized spacial score (nSPS) is 10.8. The number of carbonyl (C=O) groups excluding carboxylic acids is 1. The molecule has 0 atom stereocenters. The summed E-state index contributed by atoms with van der Waals surface area (Å²) >= 11 is 0. The molecule has 6 heteroatoms. The minimum Gasteiger partial charge on any atom is -0.508 e. The number of ether oxygens (including phenoxy) is 2. The summed E-state index contributed by atoms with van der Waals surface area (Å²) in [7, 11) is 1.58.